The third-order valence-electron chi connectivity index (χ3n) is 1.17. The minimum atomic E-state index is -0.935. The third kappa shape index (κ3) is 13.7. The lowest BCUT2D eigenvalue weighted by Crippen LogP contribution is -2.11. The molecule has 0 amide bonds. The highest BCUT2D eigenvalue weighted by Gasteiger charge is 1.94. The van der Waals surface area contributed by atoms with Gasteiger partial charge in [-0.1, -0.05) is 6.58 Å². The number of ether oxygens (including phenoxy) is 2. The topological polar surface area (TPSA) is 55.8 Å². The molecule has 0 unspecified atom stereocenters. The zero-order chi connectivity index (χ0) is 11.6. The molecular formula is C10H20O4. The minimum absolute atomic E-state index is 0.0370. The van der Waals surface area contributed by atoms with E-state index in [9.17, 15) is 4.79 Å². The minimum Gasteiger partial charge on any atom is -0.478 e. The van der Waals surface area contributed by atoms with E-state index in [1.54, 1.807) is 0 Å². The first kappa shape index (κ1) is 15.6. The van der Waals surface area contributed by atoms with Crippen LogP contribution in [0.25, 0.3) is 0 Å². The first-order valence-electron chi connectivity index (χ1n) is 4.57. The van der Waals surface area contributed by atoms with Crippen LogP contribution in [0.15, 0.2) is 12.2 Å². The number of aliphatic carboxylic acids is 1. The lowest BCUT2D eigenvalue weighted by Gasteiger charge is -2.09. The summed E-state index contributed by atoms with van der Waals surface area (Å²) in [6, 6.07) is 0. The second kappa shape index (κ2) is 10.2. The van der Waals surface area contributed by atoms with Crippen LogP contribution in [0.1, 0.15) is 27.7 Å². The number of hydrogen-bond donors (Lipinski definition) is 1. The van der Waals surface area contributed by atoms with Gasteiger partial charge >= 0.3 is 5.97 Å². The molecule has 0 spiro atoms. The van der Waals surface area contributed by atoms with E-state index in [-0.39, 0.29) is 11.9 Å². The van der Waals surface area contributed by atoms with E-state index in [4.69, 9.17) is 14.6 Å². The summed E-state index contributed by atoms with van der Waals surface area (Å²) in [6.45, 7) is 11.9. The Kier molecular flexibility index (Phi) is 11.4. The summed E-state index contributed by atoms with van der Waals surface area (Å²) in [4.78, 5) is 9.60. The van der Waals surface area contributed by atoms with Crippen molar-refractivity contribution in [2.45, 2.75) is 34.0 Å². The summed E-state index contributed by atoms with van der Waals surface area (Å²) >= 11 is 0. The van der Waals surface area contributed by atoms with E-state index >= 15 is 0 Å². The van der Waals surface area contributed by atoms with Crippen LogP contribution < -0.4 is 0 Å². The molecule has 0 bridgehead atoms. The fourth-order valence-electron chi connectivity index (χ4n) is 0.518. The van der Waals surface area contributed by atoms with Crippen molar-refractivity contribution in [3.63, 3.8) is 0 Å². The Balaban J connectivity index is 0. The Morgan fingerprint density at radius 1 is 1.36 bits per heavy atom. The number of carbonyl (C=O) groups is 1. The Bertz CT molecular complexity index is 148. The molecule has 4 nitrogen and oxygen atoms in total. The van der Waals surface area contributed by atoms with Crippen LogP contribution in [0.2, 0.25) is 0 Å². The summed E-state index contributed by atoms with van der Waals surface area (Å²) in [5, 5.41) is 7.89. The lowest BCUT2D eigenvalue weighted by molar-refractivity contribution is -0.132. The molecule has 0 saturated carbocycles. The fourth-order valence-corrected chi connectivity index (χ4v) is 0.518. The van der Waals surface area contributed by atoms with E-state index in [1.165, 1.54) is 6.92 Å². The van der Waals surface area contributed by atoms with Crippen molar-refractivity contribution in [2.75, 3.05) is 13.2 Å². The summed E-state index contributed by atoms with van der Waals surface area (Å²) in [5.41, 5.74) is 0.176. The first-order valence-corrected chi connectivity index (χ1v) is 4.57. The molecule has 0 rings (SSSR count). The predicted molar refractivity (Wildman–Crippen MR) is 55.2 cm³/mol. The summed E-state index contributed by atoms with van der Waals surface area (Å²) in [5.74, 6) is -0.935. The van der Waals surface area contributed by atoms with E-state index in [0.29, 0.717) is 0 Å². The Morgan fingerprint density at radius 2 is 1.64 bits per heavy atom. The number of carboxylic acids is 1. The molecule has 0 fully saturated rings. The molecular weight excluding hydrogens is 184 g/mol. The second-order valence-corrected chi connectivity index (χ2v) is 2.56. The normalized spacial score (nSPS) is 9.21. The van der Waals surface area contributed by atoms with Gasteiger partial charge < -0.3 is 14.6 Å². The zero-order valence-electron chi connectivity index (χ0n) is 9.37. The monoisotopic (exact) mass is 204 g/mol. The molecule has 0 atom stereocenters. The summed E-state index contributed by atoms with van der Waals surface area (Å²) in [6.07, 6.45) is -0.0370. The van der Waals surface area contributed by atoms with Crippen molar-refractivity contribution >= 4 is 5.97 Å². The second-order valence-electron chi connectivity index (χ2n) is 2.56. The van der Waals surface area contributed by atoms with Crippen molar-refractivity contribution in [1.82, 2.24) is 0 Å². The van der Waals surface area contributed by atoms with Crippen LogP contribution in [-0.2, 0) is 14.3 Å². The molecule has 4 heteroatoms. The van der Waals surface area contributed by atoms with Crippen LogP contribution in [0.3, 0.4) is 0 Å². The van der Waals surface area contributed by atoms with Crippen molar-refractivity contribution in [1.29, 1.82) is 0 Å². The summed E-state index contributed by atoms with van der Waals surface area (Å²) < 4.78 is 10.1. The molecule has 14 heavy (non-hydrogen) atoms. The van der Waals surface area contributed by atoms with Crippen LogP contribution in [0, 0.1) is 0 Å². The molecule has 0 aromatic heterocycles. The lowest BCUT2D eigenvalue weighted by atomic mass is 10.4. The molecule has 1 N–H and O–H groups in total. The van der Waals surface area contributed by atoms with E-state index < -0.39 is 5.97 Å². The van der Waals surface area contributed by atoms with Gasteiger partial charge in [0.25, 0.3) is 0 Å². The van der Waals surface area contributed by atoms with Crippen LogP contribution in [-0.4, -0.2) is 30.6 Å². The van der Waals surface area contributed by atoms with Crippen LogP contribution >= 0.6 is 0 Å². The third-order valence-corrected chi connectivity index (χ3v) is 1.17. The van der Waals surface area contributed by atoms with Crippen LogP contribution in [0.5, 0.6) is 0 Å². The zero-order valence-corrected chi connectivity index (χ0v) is 9.37. The summed E-state index contributed by atoms with van der Waals surface area (Å²) in [7, 11) is 0. The average Bonchev–Trinajstić information content (AvgIpc) is 2.06. The van der Waals surface area contributed by atoms with Crippen molar-refractivity contribution in [2.24, 2.45) is 0 Å². The van der Waals surface area contributed by atoms with Gasteiger partial charge in [-0.25, -0.2) is 4.79 Å². The Morgan fingerprint density at radius 3 is 1.79 bits per heavy atom. The van der Waals surface area contributed by atoms with Gasteiger partial charge in [-0.15, -0.1) is 0 Å². The smallest absolute Gasteiger partial charge is 0.330 e. The van der Waals surface area contributed by atoms with Gasteiger partial charge in [-0.05, 0) is 27.7 Å². The number of rotatable bonds is 5. The van der Waals surface area contributed by atoms with Gasteiger partial charge in [0, 0.05) is 18.8 Å². The van der Waals surface area contributed by atoms with Crippen molar-refractivity contribution in [3.8, 4) is 0 Å². The van der Waals surface area contributed by atoms with Gasteiger partial charge in [0.05, 0.1) is 0 Å². The van der Waals surface area contributed by atoms with Gasteiger partial charge in [0.15, 0.2) is 6.29 Å². The van der Waals surface area contributed by atoms with Gasteiger partial charge in [0.1, 0.15) is 0 Å². The van der Waals surface area contributed by atoms with Crippen LogP contribution in [0.4, 0.5) is 0 Å². The average molecular weight is 204 g/mol. The van der Waals surface area contributed by atoms with E-state index in [2.05, 4.69) is 6.58 Å². The molecule has 0 aromatic rings. The van der Waals surface area contributed by atoms with Gasteiger partial charge in [-0.3, -0.25) is 0 Å². The standard InChI is InChI=1S/C6H14O2.C4H6O2/c1-4-7-6(3)8-5-2;1-3(2)4(5)6/h6H,4-5H2,1-3H3;1H2,2H3,(H,5,6). The fraction of sp³-hybridized carbons (Fsp3) is 0.700. The Hall–Kier alpha value is -0.870. The Labute approximate surface area is 85.5 Å². The maximum Gasteiger partial charge on any atom is 0.330 e. The SMILES string of the molecule is C=C(C)C(=O)O.CCOC(C)OCC. The van der Waals surface area contributed by atoms with Crippen molar-refractivity contribution < 1.29 is 19.4 Å². The molecule has 84 valence electrons. The largest absolute Gasteiger partial charge is 0.478 e. The van der Waals surface area contributed by atoms with Crippen molar-refractivity contribution in [3.05, 3.63) is 12.2 Å². The highest BCUT2D eigenvalue weighted by atomic mass is 16.7. The molecule has 0 heterocycles. The predicted octanol–water partition coefficient (Wildman–Crippen LogP) is 2.05. The highest BCUT2D eigenvalue weighted by Crippen LogP contribution is 1.90. The molecule has 0 aromatic carbocycles. The molecule has 0 aliphatic rings. The molecule has 0 aliphatic heterocycles. The maximum atomic E-state index is 9.60. The van der Waals surface area contributed by atoms with Gasteiger partial charge in [0.2, 0.25) is 0 Å². The molecule has 0 saturated heterocycles. The van der Waals surface area contributed by atoms with E-state index in [1.807, 2.05) is 20.8 Å². The molecule has 0 radical (unpaired) electrons. The number of carboxylic acid groups (broad SMARTS) is 1. The highest BCUT2D eigenvalue weighted by molar-refractivity contribution is 5.84. The van der Waals surface area contributed by atoms with E-state index in [0.717, 1.165) is 13.2 Å². The van der Waals surface area contributed by atoms with Gasteiger partial charge in [-0.2, -0.15) is 0 Å². The quantitative estimate of drug-likeness (QED) is 0.550. The number of hydrogen-bond acceptors (Lipinski definition) is 3. The maximum absolute atomic E-state index is 9.60. The first-order chi connectivity index (χ1) is 6.45. The molecule has 0 aliphatic carbocycles.